The molecule has 0 radical (unpaired) electrons. The van der Waals surface area contributed by atoms with Gasteiger partial charge in [0.2, 0.25) is 5.91 Å². The van der Waals surface area contributed by atoms with E-state index >= 15 is 0 Å². The Morgan fingerprint density at radius 3 is 1.59 bits per heavy atom. The maximum absolute atomic E-state index is 13.0. The number of nitrogens with one attached hydrogen (secondary N) is 1. The average Bonchev–Trinajstić information content (AvgIpc) is 3.19. The van der Waals surface area contributed by atoms with Gasteiger partial charge < -0.3 is 46.0 Å². The lowest BCUT2D eigenvalue weighted by atomic mass is 9.85. The van der Waals surface area contributed by atoms with E-state index in [1.54, 1.807) is 0 Å². The first-order valence-corrected chi connectivity index (χ1v) is 24.4. The number of hydrogen-bond acceptors (Lipinski definition) is 11. The highest BCUT2D eigenvalue weighted by atomic mass is 31.2. The van der Waals surface area contributed by atoms with E-state index in [9.17, 15) is 50.0 Å². The number of carbonyl (C=O) groups is 1. The molecule has 58 heavy (non-hydrogen) atoms. The zero-order valence-corrected chi connectivity index (χ0v) is 36.9. The molecule has 1 fully saturated rings. The van der Waals surface area contributed by atoms with Crippen molar-refractivity contribution in [1.29, 1.82) is 0 Å². The van der Waals surface area contributed by atoms with Crippen molar-refractivity contribution in [2.45, 2.75) is 242 Å². The van der Waals surface area contributed by atoms with Crippen molar-refractivity contribution in [3.63, 3.8) is 0 Å². The zero-order valence-electron chi connectivity index (χ0n) is 36.0. The molecular weight excluding hydrogens is 765 g/mol. The summed E-state index contributed by atoms with van der Waals surface area (Å²) >= 11 is 0. The molecule has 1 aliphatic carbocycles. The summed E-state index contributed by atoms with van der Waals surface area (Å²) < 4.78 is 22.8. The smallest absolute Gasteiger partial charge is 0.393 e. The van der Waals surface area contributed by atoms with Gasteiger partial charge in [-0.3, -0.25) is 13.8 Å². The van der Waals surface area contributed by atoms with Crippen LogP contribution in [0.3, 0.4) is 0 Å². The van der Waals surface area contributed by atoms with E-state index in [1.807, 2.05) is 0 Å². The number of amides is 1. The number of unbranched alkanes of at least 4 members (excludes halogenated alkanes) is 20. The molecule has 14 heteroatoms. The summed E-state index contributed by atoms with van der Waals surface area (Å²) in [5.74, 6) is -0.563. The summed E-state index contributed by atoms with van der Waals surface area (Å²) in [6, 6.07) is -1.15. The minimum Gasteiger partial charge on any atom is -0.393 e. The van der Waals surface area contributed by atoms with E-state index in [-0.39, 0.29) is 12.8 Å². The van der Waals surface area contributed by atoms with E-state index < -0.39 is 75.2 Å². The normalized spacial score (nSPS) is 24.0. The van der Waals surface area contributed by atoms with Crippen molar-refractivity contribution >= 4 is 13.7 Å². The monoisotopic (exact) mass is 850 g/mol. The lowest BCUT2D eigenvalue weighted by Crippen LogP contribution is -2.64. The maximum Gasteiger partial charge on any atom is 0.472 e. The Labute approximate surface area is 350 Å². The van der Waals surface area contributed by atoms with Gasteiger partial charge in [-0.2, -0.15) is 0 Å². The summed E-state index contributed by atoms with van der Waals surface area (Å²) in [5, 5.41) is 74.4. The number of aliphatic hydroxyl groups excluding tert-OH is 7. The molecule has 1 saturated carbocycles. The maximum atomic E-state index is 13.0. The topological polar surface area (TPSA) is 226 Å². The average molecular weight is 850 g/mol. The molecular formula is C44H84NO12P. The fourth-order valence-corrected chi connectivity index (χ4v) is 8.31. The molecule has 0 heterocycles. The largest absolute Gasteiger partial charge is 0.472 e. The van der Waals surface area contributed by atoms with Crippen LogP contribution in [0.15, 0.2) is 24.3 Å². The molecule has 0 saturated heterocycles. The molecule has 1 aliphatic rings. The fraction of sp³-hybridized carbons (Fsp3) is 0.886. The van der Waals surface area contributed by atoms with Gasteiger partial charge in [0.05, 0.1) is 31.3 Å². The molecule has 8 unspecified atom stereocenters. The quantitative estimate of drug-likeness (QED) is 0.0172. The first-order valence-electron chi connectivity index (χ1n) is 22.9. The summed E-state index contributed by atoms with van der Waals surface area (Å²) in [5.41, 5.74) is 0. The Morgan fingerprint density at radius 1 is 0.621 bits per heavy atom. The highest BCUT2D eigenvalue weighted by Crippen LogP contribution is 2.47. The van der Waals surface area contributed by atoms with Crippen LogP contribution in [-0.4, -0.2) is 108 Å². The summed E-state index contributed by atoms with van der Waals surface area (Å²) in [6.07, 6.45) is 22.5. The van der Waals surface area contributed by atoms with Crippen LogP contribution < -0.4 is 5.32 Å². The molecule has 1 rings (SSSR count). The van der Waals surface area contributed by atoms with Crippen molar-refractivity contribution in [2.24, 2.45) is 0 Å². The third kappa shape index (κ3) is 26.2. The Morgan fingerprint density at radius 2 is 1.07 bits per heavy atom. The van der Waals surface area contributed by atoms with Crippen LogP contribution in [0.4, 0.5) is 0 Å². The van der Waals surface area contributed by atoms with Crippen molar-refractivity contribution in [3.05, 3.63) is 24.3 Å². The molecule has 0 aromatic heterocycles. The predicted octanol–water partition coefficient (Wildman–Crippen LogP) is 7.20. The van der Waals surface area contributed by atoms with E-state index in [0.717, 1.165) is 64.2 Å². The second-order valence-corrected chi connectivity index (χ2v) is 17.8. The number of phosphoric ester groups is 1. The number of carbonyl (C=O) groups excluding carboxylic acids is 1. The van der Waals surface area contributed by atoms with Gasteiger partial charge in [-0.1, -0.05) is 167 Å². The highest BCUT2D eigenvalue weighted by Gasteiger charge is 2.51. The van der Waals surface area contributed by atoms with Gasteiger partial charge >= 0.3 is 7.82 Å². The van der Waals surface area contributed by atoms with Crippen LogP contribution in [0.25, 0.3) is 0 Å². The zero-order chi connectivity index (χ0) is 43.0. The second-order valence-electron chi connectivity index (χ2n) is 16.4. The van der Waals surface area contributed by atoms with Crippen LogP contribution in [0.5, 0.6) is 0 Å². The summed E-state index contributed by atoms with van der Waals surface area (Å²) in [6.45, 7) is 3.64. The molecule has 0 aromatic carbocycles. The van der Waals surface area contributed by atoms with E-state index in [0.29, 0.717) is 12.8 Å². The summed E-state index contributed by atoms with van der Waals surface area (Å²) in [4.78, 5) is 23.4. The lowest BCUT2D eigenvalue weighted by Gasteiger charge is -2.41. The predicted molar refractivity (Wildman–Crippen MR) is 229 cm³/mol. The second kappa shape index (κ2) is 34.4. The third-order valence-corrected chi connectivity index (χ3v) is 12.1. The van der Waals surface area contributed by atoms with Crippen LogP contribution in [0.1, 0.15) is 187 Å². The Kier molecular flexibility index (Phi) is 32.5. The SMILES string of the molecule is CC/C=C\C/C=C\CCCCCCCCCCCCCCC(O)CC(=O)NC(COP(=O)(O)OC1C(O)C(O)C(O)C(O)C1O)C(O)CCCCCCCCCCC. The van der Waals surface area contributed by atoms with Crippen molar-refractivity contribution < 1.29 is 59.0 Å². The van der Waals surface area contributed by atoms with Gasteiger partial charge in [0, 0.05) is 0 Å². The van der Waals surface area contributed by atoms with Gasteiger partial charge in [0.1, 0.15) is 36.6 Å². The standard InChI is InChI=1S/C44H84NO12P/c1-3-5-7-9-11-13-14-15-16-17-18-19-20-21-22-24-25-27-29-31-35(46)33-38(48)45-36(37(47)32-30-28-26-23-12-10-8-6-4-2)34-56-58(54,55)57-44-42(52)40(50)39(49)41(51)43(44)53/h5,7,11,13,35-37,39-44,46-47,49-53H,3-4,6,8-10,12,14-34H2,1-2H3,(H,45,48)(H,54,55)/b7-5-,13-11-. The van der Waals surface area contributed by atoms with Gasteiger partial charge in [0.15, 0.2) is 0 Å². The molecule has 8 atom stereocenters. The van der Waals surface area contributed by atoms with Crippen LogP contribution >= 0.6 is 7.82 Å². The molecule has 9 N–H and O–H groups in total. The number of rotatable bonds is 37. The van der Waals surface area contributed by atoms with Gasteiger partial charge in [0.25, 0.3) is 0 Å². The first-order chi connectivity index (χ1) is 27.8. The summed E-state index contributed by atoms with van der Waals surface area (Å²) in [7, 11) is -5.11. The number of phosphoric acid groups is 1. The number of hydrogen-bond donors (Lipinski definition) is 9. The third-order valence-electron chi connectivity index (χ3n) is 11.1. The Balaban J connectivity index is 2.43. The van der Waals surface area contributed by atoms with Crippen molar-refractivity contribution in [2.75, 3.05) is 6.61 Å². The van der Waals surface area contributed by atoms with E-state index in [4.69, 9.17) is 9.05 Å². The van der Waals surface area contributed by atoms with Crippen molar-refractivity contribution in [3.8, 4) is 0 Å². The molecule has 1 amide bonds. The van der Waals surface area contributed by atoms with Crippen molar-refractivity contribution in [1.82, 2.24) is 5.32 Å². The Bertz CT molecular complexity index is 1100. The van der Waals surface area contributed by atoms with Gasteiger partial charge in [-0.15, -0.1) is 0 Å². The lowest BCUT2D eigenvalue weighted by molar-refractivity contribution is -0.220. The van der Waals surface area contributed by atoms with E-state index in [1.165, 1.54) is 83.5 Å². The van der Waals surface area contributed by atoms with Gasteiger partial charge in [-0.05, 0) is 38.5 Å². The molecule has 0 bridgehead atoms. The molecule has 13 nitrogen and oxygen atoms in total. The molecule has 0 aromatic rings. The highest BCUT2D eigenvalue weighted by molar-refractivity contribution is 7.47. The molecule has 0 aliphatic heterocycles. The molecule has 342 valence electrons. The van der Waals surface area contributed by atoms with Crippen LogP contribution in [0.2, 0.25) is 0 Å². The minimum atomic E-state index is -5.11. The molecule has 0 spiro atoms. The van der Waals surface area contributed by atoms with E-state index in [2.05, 4.69) is 43.5 Å². The number of allylic oxidation sites excluding steroid dienone is 4. The van der Waals surface area contributed by atoms with Crippen LogP contribution in [-0.2, 0) is 18.4 Å². The first kappa shape index (κ1) is 54.8. The van der Waals surface area contributed by atoms with Crippen LogP contribution in [0, 0.1) is 0 Å². The number of aliphatic hydroxyl groups is 7. The fourth-order valence-electron chi connectivity index (χ4n) is 7.34. The Hall–Kier alpha value is -1.22. The van der Waals surface area contributed by atoms with Gasteiger partial charge in [-0.25, -0.2) is 4.57 Å². The minimum absolute atomic E-state index is 0.222.